The minimum atomic E-state index is -0.986. The van der Waals surface area contributed by atoms with Crippen LogP contribution in [-0.4, -0.2) is 16.3 Å². The molecule has 1 heterocycles. The Kier molecular flexibility index (Phi) is 5.16. The third-order valence-corrected chi connectivity index (χ3v) is 4.37. The van der Waals surface area contributed by atoms with Crippen LogP contribution in [0.15, 0.2) is 54.7 Å². The lowest BCUT2D eigenvalue weighted by Gasteiger charge is -2.11. The van der Waals surface area contributed by atoms with Crippen molar-refractivity contribution >= 4 is 17.4 Å². The number of carbonyl (C=O) groups is 2. The zero-order valence-corrected chi connectivity index (χ0v) is 14.9. The van der Waals surface area contributed by atoms with Gasteiger partial charge in [-0.05, 0) is 54.8 Å². The van der Waals surface area contributed by atoms with Gasteiger partial charge in [0.05, 0.1) is 11.4 Å². The highest BCUT2D eigenvalue weighted by molar-refractivity contribution is 6.46. The second-order valence-corrected chi connectivity index (χ2v) is 6.35. The molecule has 1 N–H and O–H groups in total. The van der Waals surface area contributed by atoms with E-state index in [1.807, 2.05) is 32.0 Å². The molecule has 0 aliphatic carbocycles. The van der Waals surface area contributed by atoms with Crippen molar-refractivity contribution in [1.82, 2.24) is 4.57 Å². The molecule has 0 saturated carbocycles. The van der Waals surface area contributed by atoms with Gasteiger partial charge >= 0.3 is 0 Å². The molecular formula is C21H18F2N2O2. The lowest BCUT2D eigenvalue weighted by molar-refractivity contribution is -0.112. The maximum absolute atomic E-state index is 13.7. The first kappa shape index (κ1) is 18.5. The van der Waals surface area contributed by atoms with E-state index in [9.17, 15) is 18.4 Å². The average molecular weight is 368 g/mol. The molecular weight excluding hydrogens is 350 g/mol. The number of rotatable bonds is 5. The van der Waals surface area contributed by atoms with E-state index in [0.717, 1.165) is 23.3 Å². The summed E-state index contributed by atoms with van der Waals surface area (Å²) in [6.07, 6.45) is 1.70. The SMILES string of the molecule is Cc1ccc(Cn2cccc2C(=O)C(=O)Nc2ccc(F)cc2F)cc1C. The largest absolute Gasteiger partial charge is 0.340 e. The number of aromatic nitrogens is 1. The number of nitrogens with zero attached hydrogens (tertiary/aromatic N) is 1. The summed E-state index contributed by atoms with van der Waals surface area (Å²) < 4.78 is 28.3. The molecule has 27 heavy (non-hydrogen) atoms. The van der Waals surface area contributed by atoms with Gasteiger partial charge in [0.1, 0.15) is 11.6 Å². The van der Waals surface area contributed by atoms with Gasteiger partial charge in [-0.1, -0.05) is 18.2 Å². The maximum Gasteiger partial charge on any atom is 0.298 e. The smallest absolute Gasteiger partial charge is 0.298 e. The van der Waals surface area contributed by atoms with Gasteiger partial charge in [-0.3, -0.25) is 9.59 Å². The molecule has 0 fully saturated rings. The van der Waals surface area contributed by atoms with E-state index < -0.39 is 23.3 Å². The molecule has 0 spiro atoms. The monoisotopic (exact) mass is 368 g/mol. The van der Waals surface area contributed by atoms with Crippen molar-refractivity contribution in [3.8, 4) is 0 Å². The van der Waals surface area contributed by atoms with E-state index in [1.165, 1.54) is 11.6 Å². The highest BCUT2D eigenvalue weighted by Crippen LogP contribution is 2.17. The predicted molar refractivity (Wildman–Crippen MR) is 98.8 cm³/mol. The number of halogens is 2. The van der Waals surface area contributed by atoms with E-state index >= 15 is 0 Å². The van der Waals surface area contributed by atoms with Crippen LogP contribution in [0.1, 0.15) is 27.2 Å². The molecule has 1 amide bonds. The quantitative estimate of drug-likeness (QED) is 0.541. The average Bonchev–Trinajstić information content (AvgIpc) is 3.08. The molecule has 0 radical (unpaired) electrons. The molecule has 2 aromatic carbocycles. The van der Waals surface area contributed by atoms with E-state index in [-0.39, 0.29) is 11.4 Å². The van der Waals surface area contributed by atoms with Crippen LogP contribution in [0.5, 0.6) is 0 Å². The Bertz CT molecular complexity index is 1020. The fraction of sp³-hybridized carbons (Fsp3) is 0.143. The minimum Gasteiger partial charge on any atom is -0.340 e. The molecule has 0 aliphatic rings. The topological polar surface area (TPSA) is 51.1 Å². The van der Waals surface area contributed by atoms with Gasteiger partial charge in [0.25, 0.3) is 11.7 Å². The van der Waals surface area contributed by atoms with Gasteiger partial charge in [-0.2, -0.15) is 0 Å². The maximum atomic E-state index is 13.7. The van der Waals surface area contributed by atoms with E-state index in [4.69, 9.17) is 0 Å². The van der Waals surface area contributed by atoms with Crippen molar-refractivity contribution in [1.29, 1.82) is 0 Å². The van der Waals surface area contributed by atoms with Crippen LogP contribution in [0.4, 0.5) is 14.5 Å². The van der Waals surface area contributed by atoms with Crippen molar-refractivity contribution in [2.24, 2.45) is 0 Å². The van der Waals surface area contributed by atoms with Crippen LogP contribution in [0.2, 0.25) is 0 Å². The summed E-state index contributed by atoms with van der Waals surface area (Å²) in [6, 6.07) is 11.9. The number of Topliss-reactive ketones (excluding diaryl/α,β-unsaturated/α-hetero) is 1. The lowest BCUT2D eigenvalue weighted by Crippen LogP contribution is -2.25. The van der Waals surface area contributed by atoms with Crippen LogP contribution >= 0.6 is 0 Å². The summed E-state index contributed by atoms with van der Waals surface area (Å²) in [6.45, 7) is 4.45. The first-order valence-electron chi connectivity index (χ1n) is 8.37. The number of amides is 1. The zero-order valence-electron chi connectivity index (χ0n) is 14.9. The van der Waals surface area contributed by atoms with E-state index in [2.05, 4.69) is 5.32 Å². The summed E-state index contributed by atoms with van der Waals surface area (Å²) in [5.41, 5.74) is 3.24. The van der Waals surface area contributed by atoms with Crippen LogP contribution in [-0.2, 0) is 11.3 Å². The molecule has 6 heteroatoms. The lowest BCUT2D eigenvalue weighted by atomic mass is 10.1. The number of nitrogens with one attached hydrogen (secondary N) is 1. The standard InChI is InChI=1S/C21H18F2N2O2/c1-13-5-6-15(10-14(13)2)12-25-9-3-4-19(25)20(26)21(27)24-18-8-7-16(22)11-17(18)23/h3-11H,12H2,1-2H3,(H,24,27). The normalized spacial score (nSPS) is 10.7. The van der Waals surface area contributed by atoms with Crippen LogP contribution in [0, 0.1) is 25.5 Å². The Hall–Kier alpha value is -3.28. The number of anilines is 1. The Morgan fingerprint density at radius 3 is 2.48 bits per heavy atom. The van der Waals surface area contributed by atoms with Crippen molar-refractivity contribution in [3.63, 3.8) is 0 Å². The molecule has 3 rings (SSSR count). The molecule has 138 valence electrons. The number of benzene rings is 2. The summed E-state index contributed by atoms with van der Waals surface area (Å²) >= 11 is 0. The molecule has 0 saturated heterocycles. The first-order chi connectivity index (χ1) is 12.8. The Morgan fingerprint density at radius 1 is 1.00 bits per heavy atom. The van der Waals surface area contributed by atoms with Crippen LogP contribution in [0.3, 0.4) is 0 Å². The second-order valence-electron chi connectivity index (χ2n) is 6.35. The first-order valence-corrected chi connectivity index (χ1v) is 8.37. The number of aryl methyl sites for hydroxylation is 2. The summed E-state index contributed by atoms with van der Waals surface area (Å²) in [5, 5.41) is 2.19. The Balaban J connectivity index is 1.78. The molecule has 0 aliphatic heterocycles. The highest BCUT2D eigenvalue weighted by Gasteiger charge is 2.21. The summed E-state index contributed by atoms with van der Waals surface area (Å²) in [5.74, 6) is -3.49. The molecule has 0 atom stereocenters. The van der Waals surface area contributed by atoms with Gasteiger partial charge in [-0.15, -0.1) is 0 Å². The number of hydrogen-bond acceptors (Lipinski definition) is 2. The minimum absolute atomic E-state index is 0.188. The van der Waals surface area contributed by atoms with E-state index in [1.54, 1.807) is 16.8 Å². The predicted octanol–water partition coefficient (Wildman–Crippen LogP) is 4.25. The molecule has 1 aromatic heterocycles. The highest BCUT2D eigenvalue weighted by atomic mass is 19.1. The van der Waals surface area contributed by atoms with E-state index in [0.29, 0.717) is 12.6 Å². The van der Waals surface area contributed by atoms with Gasteiger partial charge in [0.15, 0.2) is 0 Å². The number of ketones is 1. The summed E-state index contributed by atoms with van der Waals surface area (Å²) in [7, 11) is 0. The van der Waals surface area contributed by atoms with Crippen molar-refractivity contribution in [2.75, 3.05) is 5.32 Å². The van der Waals surface area contributed by atoms with Crippen molar-refractivity contribution in [3.05, 3.63) is 88.7 Å². The zero-order chi connectivity index (χ0) is 19.6. The molecule has 4 nitrogen and oxygen atoms in total. The van der Waals surface area contributed by atoms with Crippen LogP contribution < -0.4 is 5.32 Å². The molecule has 3 aromatic rings. The molecule has 0 unspecified atom stereocenters. The second kappa shape index (κ2) is 7.53. The van der Waals surface area contributed by atoms with Crippen molar-refractivity contribution < 1.29 is 18.4 Å². The fourth-order valence-corrected chi connectivity index (χ4v) is 2.74. The third kappa shape index (κ3) is 4.11. The van der Waals surface area contributed by atoms with Crippen LogP contribution in [0.25, 0.3) is 0 Å². The molecule has 0 bridgehead atoms. The third-order valence-electron chi connectivity index (χ3n) is 4.37. The fourth-order valence-electron chi connectivity index (χ4n) is 2.74. The van der Waals surface area contributed by atoms with Gasteiger partial charge in [-0.25, -0.2) is 8.78 Å². The Labute approximate surface area is 155 Å². The Morgan fingerprint density at radius 2 is 1.78 bits per heavy atom. The van der Waals surface area contributed by atoms with Gasteiger partial charge < -0.3 is 9.88 Å². The summed E-state index contributed by atoms with van der Waals surface area (Å²) in [4.78, 5) is 24.7. The number of carbonyl (C=O) groups excluding carboxylic acids is 2. The van der Waals surface area contributed by atoms with Gasteiger partial charge in [0.2, 0.25) is 0 Å². The van der Waals surface area contributed by atoms with Crippen molar-refractivity contribution in [2.45, 2.75) is 20.4 Å². The number of hydrogen-bond donors (Lipinski definition) is 1. The van der Waals surface area contributed by atoms with Gasteiger partial charge in [0, 0.05) is 18.8 Å².